The molecule has 19 heavy (non-hydrogen) atoms. The molecule has 6 heteroatoms. The van der Waals surface area contributed by atoms with Crippen LogP contribution in [0.5, 0.6) is 5.75 Å². The van der Waals surface area contributed by atoms with Crippen LogP contribution in [0.3, 0.4) is 0 Å². The number of anilines is 1. The zero-order valence-corrected chi connectivity index (χ0v) is 12.5. The smallest absolute Gasteiger partial charge is 0.260 e. The first-order chi connectivity index (χ1) is 9.01. The summed E-state index contributed by atoms with van der Waals surface area (Å²) in [6.45, 7) is 1.87. The number of carbonyl (C=O) groups excluding carboxylic acids is 1. The van der Waals surface area contributed by atoms with Gasteiger partial charge in [-0.25, -0.2) is 0 Å². The molecular weight excluding hydrogens is 310 g/mol. The first-order valence-electron chi connectivity index (χ1n) is 5.67. The normalized spacial score (nSPS) is 10.3. The Bertz CT molecular complexity index is 622. The van der Waals surface area contributed by atoms with E-state index in [0.29, 0.717) is 17.1 Å². The van der Waals surface area contributed by atoms with Crippen molar-refractivity contribution in [1.82, 2.24) is 9.78 Å². The quantitative estimate of drug-likeness (QED) is 0.944. The molecule has 1 aromatic heterocycles. The number of hydrogen-bond donors (Lipinski definition) is 1. The Hall–Kier alpha value is -1.82. The molecule has 2 aromatic rings. The van der Waals surface area contributed by atoms with Crippen molar-refractivity contribution in [2.75, 3.05) is 12.4 Å². The third-order valence-electron chi connectivity index (χ3n) is 2.65. The number of carbonyl (C=O) groups is 1. The van der Waals surface area contributed by atoms with Crippen molar-refractivity contribution in [2.45, 2.75) is 6.92 Å². The zero-order valence-electron chi connectivity index (χ0n) is 10.9. The Labute approximate surface area is 119 Å². The topological polar surface area (TPSA) is 56.1 Å². The molecule has 0 radical (unpaired) electrons. The molecule has 0 fully saturated rings. The van der Waals surface area contributed by atoms with E-state index in [9.17, 15) is 4.79 Å². The monoisotopic (exact) mass is 323 g/mol. The standard InChI is InChI=1S/C13H14BrN3O2/c1-8-6-12(17(2)16-8)15-13(18)10-5-4-9(14)7-11(10)19-3/h4-7H,1-3H3,(H,15,18). The molecule has 2 rings (SSSR count). The van der Waals surface area contributed by atoms with E-state index < -0.39 is 0 Å². The van der Waals surface area contributed by atoms with E-state index in [-0.39, 0.29) is 5.91 Å². The number of methoxy groups -OCH3 is 1. The first kappa shape index (κ1) is 13.6. The molecule has 0 atom stereocenters. The predicted molar refractivity (Wildman–Crippen MR) is 76.6 cm³/mol. The van der Waals surface area contributed by atoms with Gasteiger partial charge in [-0.1, -0.05) is 15.9 Å². The zero-order chi connectivity index (χ0) is 14.0. The second-order valence-electron chi connectivity index (χ2n) is 4.09. The predicted octanol–water partition coefficient (Wildman–Crippen LogP) is 2.75. The van der Waals surface area contributed by atoms with Crippen molar-refractivity contribution in [2.24, 2.45) is 7.05 Å². The lowest BCUT2D eigenvalue weighted by Gasteiger charge is -2.09. The fourth-order valence-electron chi connectivity index (χ4n) is 1.76. The van der Waals surface area contributed by atoms with Crippen LogP contribution in [0.4, 0.5) is 5.82 Å². The average Bonchev–Trinajstić information content (AvgIpc) is 2.67. The molecule has 0 spiro atoms. The summed E-state index contributed by atoms with van der Waals surface area (Å²) in [6, 6.07) is 7.07. The van der Waals surface area contributed by atoms with E-state index in [1.54, 1.807) is 29.9 Å². The molecular formula is C13H14BrN3O2. The van der Waals surface area contributed by atoms with Gasteiger partial charge in [0.05, 0.1) is 18.4 Å². The van der Waals surface area contributed by atoms with Gasteiger partial charge in [-0.05, 0) is 25.1 Å². The number of nitrogens with zero attached hydrogens (tertiary/aromatic N) is 2. The maximum absolute atomic E-state index is 12.2. The lowest BCUT2D eigenvalue weighted by atomic mass is 10.2. The molecule has 0 aliphatic heterocycles. The molecule has 0 aliphatic rings. The highest BCUT2D eigenvalue weighted by Crippen LogP contribution is 2.24. The number of hydrogen-bond acceptors (Lipinski definition) is 3. The van der Waals surface area contributed by atoms with Crippen LogP contribution in [0.1, 0.15) is 16.1 Å². The third kappa shape index (κ3) is 2.96. The molecule has 0 bridgehead atoms. The maximum atomic E-state index is 12.2. The largest absolute Gasteiger partial charge is 0.496 e. The highest BCUT2D eigenvalue weighted by molar-refractivity contribution is 9.10. The van der Waals surface area contributed by atoms with Crippen LogP contribution in [0.15, 0.2) is 28.7 Å². The Morgan fingerprint density at radius 1 is 1.42 bits per heavy atom. The fraction of sp³-hybridized carbons (Fsp3) is 0.231. The van der Waals surface area contributed by atoms with Crippen LogP contribution in [0.2, 0.25) is 0 Å². The number of ether oxygens (including phenoxy) is 1. The number of halogens is 1. The van der Waals surface area contributed by atoms with E-state index in [1.165, 1.54) is 7.11 Å². The van der Waals surface area contributed by atoms with Crippen LogP contribution in [-0.2, 0) is 7.05 Å². The minimum absolute atomic E-state index is 0.229. The molecule has 5 nitrogen and oxygen atoms in total. The minimum Gasteiger partial charge on any atom is -0.496 e. The van der Waals surface area contributed by atoms with E-state index in [2.05, 4.69) is 26.3 Å². The molecule has 0 saturated heterocycles. The number of aryl methyl sites for hydroxylation is 2. The van der Waals surface area contributed by atoms with Gasteiger partial charge in [0.1, 0.15) is 11.6 Å². The summed E-state index contributed by atoms with van der Waals surface area (Å²) in [7, 11) is 3.31. The Morgan fingerprint density at radius 2 is 2.16 bits per heavy atom. The summed E-state index contributed by atoms with van der Waals surface area (Å²) in [5, 5.41) is 6.99. The summed E-state index contributed by atoms with van der Waals surface area (Å²) in [5.74, 6) is 0.936. The van der Waals surface area contributed by atoms with Crippen molar-refractivity contribution in [1.29, 1.82) is 0 Å². The summed E-state index contributed by atoms with van der Waals surface area (Å²) >= 11 is 3.34. The number of amides is 1. The van der Waals surface area contributed by atoms with Gasteiger partial charge in [-0.2, -0.15) is 5.10 Å². The van der Waals surface area contributed by atoms with Gasteiger partial charge in [0, 0.05) is 17.6 Å². The van der Waals surface area contributed by atoms with Gasteiger partial charge >= 0.3 is 0 Å². The number of aromatic nitrogens is 2. The Morgan fingerprint density at radius 3 is 2.74 bits per heavy atom. The van der Waals surface area contributed by atoms with Crippen LogP contribution < -0.4 is 10.1 Å². The van der Waals surface area contributed by atoms with Gasteiger partial charge < -0.3 is 10.1 Å². The second-order valence-corrected chi connectivity index (χ2v) is 5.01. The molecule has 1 N–H and O–H groups in total. The highest BCUT2D eigenvalue weighted by atomic mass is 79.9. The van der Waals surface area contributed by atoms with Crippen molar-refractivity contribution in [3.8, 4) is 5.75 Å². The Kier molecular flexibility index (Phi) is 3.90. The van der Waals surface area contributed by atoms with E-state index in [1.807, 2.05) is 13.0 Å². The molecule has 0 aliphatic carbocycles. The van der Waals surface area contributed by atoms with Gasteiger partial charge in [-0.3, -0.25) is 9.48 Å². The number of rotatable bonds is 3. The van der Waals surface area contributed by atoms with Gasteiger partial charge in [0.2, 0.25) is 0 Å². The number of benzene rings is 1. The molecule has 100 valence electrons. The summed E-state index contributed by atoms with van der Waals surface area (Å²) < 4.78 is 7.69. The second kappa shape index (κ2) is 5.44. The molecule has 1 aromatic carbocycles. The highest BCUT2D eigenvalue weighted by Gasteiger charge is 2.14. The summed E-state index contributed by atoms with van der Waals surface area (Å²) in [4.78, 5) is 12.2. The van der Waals surface area contributed by atoms with Crippen LogP contribution >= 0.6 is 15.9 Å². The number of nitrogens with one attached hydrogen (secondary N) is 1. The Balaban J connectivity index is 2.27. The fourth-order valence-corrected chi connectivity index (χ4v) is 2.10. The molecule has 1 heterocycles. The van der Waals surface area contributed by atoms with Crippen LogP contribution in [0.25, 0.3) is 0 Å². The molecule has 1 amide bonds. The third-order valence-corrected chi connectivity index (χ3v) is 3.15. The summed E-state index contributed by atoms with van der Waals surface area (Å²) in [6.07, 6.45) is 0. The van der Waals surface area contributed by atoms with E-state index in [4.69, 9.17) is 4.74 Å². The minimum atomic E-state index is -0.229. The van der Waals surface area contributed by atoms with E-state index in [0.717, 1.165) is 10.2 Å². The van der Waals surface area contributed by atoms with Crippen molar-refractivity contribution < 1.29 is 9.53 Å². The van der Waals surface area contributed by atoms with Gasteiger partial charge in [0.25, 0.3) is 5.91 Å². The SMILES string of the molecule is COc1cc(Br)ccc1C(=O)Nc1cc(C)nn1C. The van der Waals surface area contributed by atoms with Crippen LogP contribution in [-0.4, -0.2) is 22.8 Å². The van der Waals surface area contributed by atoms with Crippen molar-refractivity contribution >= 4 is 27.7 Å². The van der Waals surface area contributed by atoms with Gasteiger partial charge in [0.15, 0.2) is 0 Å². The summed E-state index contributed by atoms with van der Waals surface area (Å²) in [5.41, 5.74) is 1.32. The van der Waals surface area contributed by atoms with E-state index >= 15 is 0 Å². The molecule has 0 unspecified atom stereocenters. The lowest BCUT2D eigenvalue weighted by Crippen LogP contribution is -2.15. The van der Waals surface area contributed by atoms with Gasteiger partial charge in [-0.15, -0.1) is 0 Å². The average molecular weight is 324 g/mol. The van der Waals surface area contributed by atoms with Crippen molar-refractivity contribution in [3.63, 3.8) is 0 Å². The first-order valence-corrected chi connectivity index (χ1v) is 6.46. The lowest BCUT2D eigenvalue weighted by molar-refractivity contribution is 0.102. The maximum Gasteiger partial charge on any atom is 0.260 e. The molecule has 0 saturated carbocycles. The van der Waals surface area contributed by atoms with Crippen molar-refractivity contribution in [3.05, 3.63) is 40.0 Å². The van der Waals surface area contributed by atoms with Crippen LogP contribution in [0, 0.1) is 6.92 Å².